The third kappa shape index (κ3) is 3.73. The van der Waals surface area contributed by atoms with Crippen LogP contribution in [0.25, 0.3) is 0 Å². The van der Waals surface area contributed by atoms with Crippen molar-refractivity contribution in [3.63, 3.8) is 0 Å². The molecular weight excluding hydrogens is 408 g/mol. The van der Waals surface area contributed by atoms with Crippen LogP contribution in [-0.2, 0) is 35.5 Å². The second-order valence-corrected chi connectivity index (χ2v) is 8.60. The summed E-state index contributed by atoms with van der Waals surface area (Å²) in [5, 5.41) is 8.92. The molecule has 1 saturated heterocycles. The van der Waals surface area contributed by atoms with Crippen molar-refractivity contribution in [2.24, 2.45) is 0 Å². The van der Waals surface area contributed by atoms with E-state index in [1.165, 1.54) is 5.56 Å². The predicted octanol–water partition coefficient (Wildman–Crippen LogP) is 0.926. The van der Waals surface area contributed by atoms with Gasteiger partial charge in [-0.05, 0) is 49.4 Å². The van der Waals surface area contributed by atoms with Gasteiger partial charge in [-0.1, -0.05) is 18.2 Å². The van der Waals surface area contributed by atoms with Gasteiger partial charge in [0.1, 0.15) is 6.04 Å². The lowest BCUT2D eigenvalue weighted by Gasteiger charge is -2.29. The first-order valence-electron chi connectivity index (χ1n) is 11.0. The molecule has 2 aromatic rings. The highest BCUT2D eigenvalue weighted by atomic mass is 16.2. The number of fused-ring (bicyclic) bond motifs is 2. The number of hydrogen-bond acceptors (Lipinski definition) is 7. The Kier molecular flexibility index (Phi) is 5.34. The van der Waals surface area contributed by atoms with Crippen molar-refractivity contribution in [1.29, 1.82) is 0 Å². The van der Waals surface area contributed by atoms with Crippen LogP contribution in [0.2, 0.25) is 0 Å². The van der Waals surface area contributed by atoms with E-state index in [-0.39, 0.29) is 18.2 Å². The fourth-order valence-corrected chi connectivity index (χ4v) is 4.85. The molecule has 2 unspecified atom stereocenters. The van der Waals surface area contributed by atoms with Crippen LogP contribution >= 0.6 is 0 Å². The first kappa shape index (κ1) is 20.6. The van der Waals surface area contributed by atoms with Crippen molar-refractivity contribution >= 4 is 23.7 Å². The van der Waals surface area contributed by atoms with Crippen LogP contribution in [0, 0.1) is 0 Å². The van der Waals surface area contributed by atoms with E-state index in [0.29, 0.717) is 37.1 Å². The lowest BCUT2D eigenvalue weighted by Crippen LogP contribution is -2.52. The van der Waals surface area contributed by atoms with Crippen LogP contribution in [0.5, 0.6) is 0 Å². The third-order valence-electron chi connectivity index (χ3n) is 6.63. The Morgan fingerprint density at radius 2 is 2.03 bits per heavy atom. The maximum atomic E-state index is 13.2. The minimum Gasteiger partial charge on any atom is -0.350 e. The molecule has 3 N–H and O–H groups in total. The number of likely N-dealkylation sites (N-methyl/N-ethyl adjacent to an activating group) is 1. The van der Waals surface area contributed by atoms with Crippen LogP contribution in [-0.4, -0.2) is 51.7 Å². The van der Waals surface area contributed by atoms with Crippen molar-refractivity contribution in [2.75, 3.05) is 12.4 Å². The number of carbonyl (C=O) groups excluding carboxylic acids is 3. The Bertz CT molecular complexity index is 1100. The molecule has 0 bridgehead atoms. The van der Waals surface area contributed by atoms with Gasteiger partial charge in [-0.2, -0.15) is 0 Å². The van der Waals surface area contributed by atoms with Crippen molar-refractivity contribution in [3.05, 3.63) is 52.3 Å². The summed E-state index contributed by atoms with van der Waals surface area (Å²) in [4.78, 5) is 47.7. The standard InChI is InChI=1S/C23H26N6O3/c1-24-16-5-6-17-15(9-16)11-26-23(27-17)25-10-13-3-2-4-14-12-29(22(32)20(13)14)18-7-8-19(30)28-21(18)31/h2-4,11,16,18,24H,5-10,12H2,1H3,(H,25,26,27)(H,28,30,31). The molecule has 2 atom stereocenters. The first-order chi connectivity index (χ1) is 15.5. The Hall–Kier alpha value is -3.33. The molecule has 1 aliphatic carbocycles. The molecular formula is C23H26N6O3. The Morgan fingerprint density at radius 1 is 1.16 bits per heavy atom. The van der Waals surface area contributed by atoms with Crippen LogP contribution < -0.4 is 16.0 Å². The number of carbonyl (C=O) groups is 3. The lowest BCUT2D eigenvalue weighted by molar-refractivity contribution is -0.136. The molecule has 1 fully saturated rings. The van der Waals surface area contributed by atoms with E-state index in [1.54, 1.807) is 4.90 Å². The summed E-state index contributed by atoms with van der Waals surface area (Å²) in [6, 6.07) is 5.60. The zero-order valence-corrected chi connectivity index (χ0v) is 18.0. The SMILES string of the molecule is CNC1CCc2nc(NCc3cccc4c3C(=O)N(C3CCC(=O)NC3=O)C4)ncc2C1. The normalized spacial score (nSPS) is 22.4. The summed E-state index contributed by atoms with van der Waals surface area (Å²) >= 11 is 0. The number of benzene rings is 1. The van der Waals surface area contributed by atoms with E-state index >= 15 is 0 Å². The highest BCUT2D eigenvalue weighted by Crippen LogP contribution is 2.30. The molecule has 1 aromatic carbocycles. The minimum atomic E-state index is -0.612. The topological polar surface area (TPSA) is 116 Å². The van der Waals surface area contributed by atoms with E-state index in [2.05, 4.69) is 25.9 Å². The molecule has 3 amide bonds. The Labute approximate surface area is 186 Å². The maximum Gasteiger partial charge on any atom is 0.255 e. The number of amides is 3. The fourth-order valence-electron chi connectivity index (χ4n) is 4.85. The number of rotatable bonds is 5. The monoisotopic (exact) mass is 434 g/mol. The van der Waals surface area contributed by atoms with Gasteiger partial charge in [0.05, 0.1) is 0 Å². The molecule has 2 aliphatic heterocycles. The zero-order chi connectivity index (χ0) is 22.2. The summed E-state index contributed by atoms with van der Waals surface area (Å²) < 4.78 is 0. The number of nitrogens with one attached hydrogen (secondary N) is 3. The van der Waals surface area contributed by atoms with E-state index < -0.39 is 11.9 Å². The summed E-state index contributed by atoms with van der Waals surface area (Å²) in [6.07, 6.45) is 5.39. The van der Waals surface area contributed by atoms with Gasteiger partial charge in [-0.15, -0.1) is 0 Å². The highest BCUT2D eigenvalue weighted by molar-refractivity contribution is 6.06. The van der Waals surface area contributed by atoms with Crippen LogP contribution in [0.3, 0.4) is 0 Å². The van der Waals surface area contributed by atoms with Gasteiger partial charge in [-0.3, -0.25) is 19.7 Å². The smallest absolute Gasteiger partial charge is 0.255 e. The fraction of sp³-hybridized carbons (Fsp3) is 0.435. The molecule has 0 saturated carbocycles. The molecule has 9 heteroatoms. The van der Waals surface area contributed by atoms with Crippen molar-refractivity contribution < 1.29 is 14.4 Å². The molecule has 0 radical (unpaired) electrons. The largest absolute Gasteiger partial charge is 0.350 e. The highest BCUT2D eigenvalue weighted by Gasteiger charge is 2.39. The number of anilines is 1. The van der Waals surface area contributed by atoms with Gasteiger partial charge >= 0.3 is 0 Å². The molecule has 3 aliphatic rings. The molecule has 5 rings (SSSR count). The van der Waals surface area contributed by atoms with Crippen LogP contribution in [0.1, 0.15) is 52.0 Å². The van der Waals surface area contributed by atoms with E-state index in [4.69, 9.17) is 0 Å². The predicted molar refractivity (Wildman–Crippen MR) is 117 cm³/mol. The summed E-state index contributed by atoms with van der Waals surface area (Å²) in [5.41, 5.74) is 4.62. The molecule has 166 valence electrons. The summed E-state index contributed by atoms with van der Waals surface area (Å²) in [7, 11) is 1.98. The molecule has 32 heavy (non-hydrogen) atoms. The maximum absolute atomic E-state index is 13.2. The number of piperidine rings is 1. The number of hydrogen-bond donors (Lipinski definition) is 3. The molecule has 9 nitrogen and oxygen atoms in total. The first-order valence-corrected chi connectivity index (χ1v) is 11.0. The Balaban J connectivity index is 1.31. The average molecular weight is 435 g/mol. The molecule has 0 spiro atoms. The average Bonchev–Trinajstić information content (AvgIpc) is 3.14. The van der Waals surface area contributed by atoms with Crippen LogP contribution in [0.15, 0.2) is 24.4 Å². The van der Waals surface area contributed by atoms with Crippen molar-refractivity contribution in [1.82, 2.24) is 25.5 Å². The zero-order valence-electron chi connectivity index (χ0n) is 18.0. The second-order valence-electron chi connectivity index (χ2n) is 8.60. The quantitative estimate of drug-likeness (QED) is 0.600. The molecule has 1 aromatic heterocycles. The van der Waals surface area contributed by atoms with Crippen molar-refractivity contribution in [3.8, 4) is 0 Å². The van der Waals surface area contributed by atoms with Gasteiger partial charge in [0.15, 0.2) is 0 Å². The van der Waals surface area contributed by atoms with Gasteiger partial charge in [-0.25, -0.2) is 9.97 Å². The number of aryl methyl sites for hydroxylation is 1. The number of nitrogens with zero attached hydrogens (tertiary/aromatic N) is 3. The summed E-state index contributed by atoms with van der Waals surface area (Å²) in [5.74, 6) is -0.301. The van der Waals surface area contributed by atoms with Crippen molar-refractivity contribution in [2.45, 2.75) is 57.3 Å². The van der Waals surface area contributed by atoms with Gasteiger partial charge in [0.2, 0.25) is 17.8 Å². The van der Waals surface area contributed by atoms with Gasteiger partial charge < -0.3 is 15.5 Å². The summed E-state index contributed by atoms with van der Waals surface area (Å²) in [6.45, 7) is 0.784. The van der Waals surface area contributed by atoms with E-state index in [9.17, 15) is 14.4 Å². The number of aromatic nitrogens is 2. The Morgan fingerprint density at radius 3 is 2.84 bits per heavy atom. The lowest BCUT2D eigenvalue weighted by atomic mass is 9.93. The number of imide groups is 1. The minimum absolute atomic E-state index is 0.170. The van der Waals surface area contributed by atoms with E-state index in [1.807, 2.05) is 31.4 Å². The van der Waals surface area contributed by atoms with E-state index in [0.717, 1.165) is 36.1 Å². The third-order valence-corrected chi connectivity index (χ3v) is 6.63. The molecule has 3 heterocycles. The van der Waals surface area contributed by atoms with Crippen LogP contribution in [0.4, 0.5) is 5.95 Å². The van der Waals surface area contributed by atoms with Gasteiger partial charge in [0, 0.05) is 43.0 Å². The van der Waals surface area contributed by atoms with Gasteiger partial charge in [0.25, 0.3) is 5.91 Å². The second kappa shape index (κ2) is 8.31.